The highest BCUT2D eigenvalue weighted by Crippen LogP contribution is 2.29. The highest BCUT2D eigenvalue weighted by molar-refractivity contribution is 6.36. The van der Waals surface area contributed by atoms with Crippen molar-refractivity contribution in [2.75, 3.05) is 11.1 Å². The van der Waals surface area contributed by atoms with E-state index in [9.17, 15) is 0 Å². The molecule has 1 heterocycles. The van der Waals surface area contributed by atoms with Gasteiger partial charge in [0.2, 0.25) is 0 Å². The molecule has 19 heavy (non-hydrogen) atoms. The molecule has 1 aromatic heterocycles. The number of fused-ring (bicyclic) bond motifs is 1. The van der Waals surface area contributed by atoms with Crippen molar-refractivity contribution in [3.8, 4) is 0 Å². The Bertz CT molecular complexity index is 755. The topological polar surface area (TPSA) is 64.1 Å². The van der Waals surface area contributed by atoms with Crippen LogP contribution in [-0.4, -0.2) is 4.98 Å². The Hall–Kier alpha value is -1.91. The molecular formula is C13H9Cl2N3O. The molecule has 2 aromatic carbocycles. The van der Waals surface area contributed by atoms with Gasteiger partial charge in [-0.25, -0.2) is 0 Å². The lowest BCUT2D eigenvalue weighted by Gasteiger charge is -2.03. The maximum absolute atomic E-state index is 6.07. The lowest BCUT2D eigenvalue weighted by atomic mass is 10.3. The lowest BCUT2D eigenvalue weighted by Crippen LogP contribution is -1.90. The van der Waals surface area contributed by atoms with E-state index in [-0.39, 0.29) is 0 Å². The molecule has 3 aromatic rings. The zero-order valence-corrected chi connectivity index (χ0v) is 11.2. The molecule has 3 rings (SSSR count). The fourth-order valence-electron chi connectivity index (χ4n) is 1.70. The summed E-state index contributed by atoms with van der Waals surface area (Å²) in [5.74, 6) is 0. The largest absolute Gasteiger partial charge is 0.423 e. The van der Waals surface area contributed by atoms with Gasteiger partial charge in [0.15, 0.2) is 5.58 Å². The summed E-state index contributed by atoms with van der Waals surface area (Å²) in [6, 6.07) is 10.8. The summed E-state index contributed by atoms with van der Waals surface area (Å²) in [6.45, 7) is 0. The molecule has 0 atom stereocenters. The molecule has 0 aliphatic rings. The molecule has 0 amide bonds. The molecule has 0 unspecified atom stereocenters. The third-order valence-corrected chi connectivity index (χ3v) is 3.13. The van der Waals surface area contributed by atoms with Crippen molar-refractivity contribution >= 4 is 51.7 Å². The van der Waals surface area contributed by atoms with Crippen molar-refractivity contribution in [1.82, 2.24) is 4.98 Å². The minimum absolute atomic E-state index is 0.352. The van der Waals surface area contributed by atoms with Gasteiger partial charge in [-0.05, 0) is 30.3 Å². The zero-order valence-electron chi connectivity index (χ0n) is 9.65. The van der Waals surface area contributed by atoms with Crippen LogP contribution in [0.15, 0.2) is 40.8 Å². The van der Waals surface area contributed by atoms with Gasteiger partial charge in [0.25, 0.3) is 6.01 Å². The highest BCUT2D eigenvalue weighted by Gasteiger charge is 2.08. The van der Waals surface area contributed by atoms with Crippen LogP contribution in [0.1, 0.15) is 0 Å². The van der Waals surface area contributed by atoms with Crippen LogP contribution in [0, 0.1) is 0 Å². The molecule has 0 radical (unpaired) electrons. The first-order chi connectivity index (χ1) is 9.11. The molecule has 0 saturated carbocycles. The second kappa shape index (κ2) is 4.64. The molecule has 96 valence electrons. The number of halogens is 2. The zero-order chi connectivity index (χ0) is 13.4. The number of nitrogen functional groups attached to an aromatic ring is 1. The summed E-state index contributed by atoms with van der Waals surface area (Å²) in [6.07, 6.45) is 0. The van der Waals surface area contributed by atoms with Crippen molar-refractivity contribution in [3.63, 3.8) is 0 Å². The number of nitrogens with two attached hydrogens (primary N) is 1. The van der Waals surface area contributed by atoms with Crippen LogP contribution in [0.25, 0.3) is 11.1 Å². The van der Waals surface area contributed by atoms with E-state index in [4.69, 9.17) is 33.4 Å². The lowest BCUT2D eigenvalue weighted by molar-refractivity contribution is 0.623. The fraction of sp³-hybridized carbons (Fsp3) is 0. The number of nitrogens with zero attached hydrogens (tertiary/aromatic N) is 1. The van der Waals surface area contributed by atoms with Crippen molar-refractivity contribution in [2.24, 2.45) is 0 Å². The Morgan fingerprint density at radius 1 is 1.11 bits per heavy atom. The quantitative estimate of drug-likeness (QED) is 0.685. The van der Waals surface area contributed by atoms with Gasteiger partial charge in [-0.2, -0.15) is 4.98 Å². The first kappa shape index (κ1) is 12.1. The summed E-state index contributed by atoms with van der Waals surface area (Å²) < 4.78 is 5.54. The highest BCUT2D eigenvalue weighted by atomic mass is 35.5. The molecule has 4 nitrogen and oxygen atoms in total. The van der Waals surface area contributed by atoms with E-state index in [1.165, 1.54) is 0 Å². The van der Waals surface area contributed by atoms with Crippen molar-refractivity contribution in [3.05, 3.63) is 46.4 Å². The molecule has 0 aliphatic carbocycles. The van der Waals surface area contributed by atoms with E-state index in [1.54, 1.807) is 36.4 Å². The predicted molar refractivity (Wildman–Crippen MR) is 78.2 cm³/mol. The van der Waals surface area contributed by atoms with E-state index >= 15 is 0 Å². The molecule has 0 saturated heterocycles. The number of hydrogen-bond donors (Lipinski definition) is 2. The third-order valence-electron chi connectivity index (χ3n) is 2.59. The van der Waals surface area contributed by atoms with E-state index < -0.39 is 0 Å². The van der Waals surface area contributed by atoms with E-state index in [0.717, 1.165) is 5.52 Å². The van der Waals surface area contributed by atoms with Crippen LogP contribution >= 0.6 is 23.2 Å². The van der Waals surface area contributed by atoms with Gasteiger partial charge in [-0.15, -0.1) is 0 Å². The van der Waals surface area contributed by atoms with Crippen LogP contribution in [0.3, 0.4) is 0 Å². The van der Waals surface area contributed by atoms with Crippen molar-refractivity contribution in [2.45, 2.75) is 0 Å². The molecule has 0 aliphatic heterocycles. The van der Waals surface area contributed by atoms with Gasteiger partial charge in [0.1, 0.15) is 5.52 Å². The molecular weight excluding hydrogens is 285 g/mol. The van der Waals surface area contributed by atoms with Crippen molar-refractivity contribution in [1.29, 1.82) is 0 Å². The summed E-state index contributed by atoms with van der Waals surface area (Å²) >= 11 is 11.9. The fourth-order valence-corrected chi connectivity index (χ4v) is 2.16. The van der Waals surface area contributed by atoms with Crippen LogP contribution in [0.2, 0.25) is 10.0 Å². The Kier molecular flexibility index (Phi) is 2.97. The molecule has 0 fully saturated rings. The second-order valence-electron chi connectivity index (χ2n) is 4.00. The number of aromatic nitrogens is 1. The van der Waals surface area contributed by atoms with Gasteiger partial charge in [-0.1, -0.05) is 23.2 Å². The number of anilines is 3. The average Bonchev–Trinajstić information content (AvgIpc) is 2.74. The van der Waals surface area contributed by atoms with Crippen LogP contribution < -0.4 is 11.1 Å². The number of oxazole rings is 1. The van der Waals surface area contributed by atoms with Crippen LogP contribution in [0.5, 0.6) is 0 Å². The van der Waals surface area contributed by atoms with Gasteiger partial charge in [0.05, 0.1) is 10.7 Å². The number of benzene rings is 2. The molecule has 6 heteroatoms. The average molecular weight is 294 g/mol. The first-order valence-electron chi connectivity index (χ1n) is 5.50. The number of rotatable bonds is 2. The number of nitrogens with one attached hydrogen (secondary N) is 1. The predicted octanol–water partition coefficient (Wildman–Crippen LogP) is 4.46. The summed E-state index contributed by atoms with van der Waals surface area (Å²) in [5, 5.41) is 4.06. The smallest absolute Gasteiger partial charge is 0.300 e. The van der Waals surface area contributed by atoms with Crippen LogP contribution in [0.4, 0.5) is 17.4 Å². The molecule has 0 bridgehead atoms. The Morgan fingerprint density at radius 3 is 2.74 bits per heavy atom. The summed E-state index contributed by atoms with van der Waals surface area (Å²) in [5.41, 5.74) is 8.32. The minimum Gasteiger partial charge on any atom is -0.423 e. The maximum Gasteiger partial charge on any atom is 0.300 e. The maximum atomic E-state index is 6.07. The first-order valence-corrected chi connectivity index (χ1v) is 6.25. The normalized spacial score (nSPS) is 10.8. The van der Waals surface area contributed by atoms with Gasteiger partial charge >= 0.3 is 0 Å². The van der Waals surface area contributed by atoms with Gasteiger partial charge < -0.3 is 15.5 Å². The van der Waals surface area contributed by atoms with Crippen LogP contribution in [-0.2, 0) is 0 Å². The third kappa shape index (κ3) is 2.45. The minimum atomic E-state index is 0.352. The van der Waals surface area contributed by atoms with Crippen molar-refractivity contribution < 1.29 is 4.42 Å². The summed E-state index contributed by atoms with van der Waals surface area (Å²) in [7, 11) is 0. The standard InChI is InChI=1S/C13H9Cl2N3O/c14-7-1-3-10(9(15)5-7)17-13-18-11-4-2-8(16)6-12(11)19-13/h1-6H,16H2,(H,17,18). The Morgan fingerprint density at radius 2 is 1.95 bits per heavy atom. The number of hydrogen-bond acceptors (Lipinski definition) is 4. The Balaban J connectivity index is 1.96. The monoisotopic (exact) mass is 293 g/mol. The van der Waals surface area contributed by atoms with Gasteiger partial charge in [-0.3, -0.25) is 0 Å². The van der Waals surface area contributed by atoms with Gasteiger partial charge in [0, 0.05) is 16.8 Å². The second-order valence-corrected chi connectivity index (χ2v) is 4.84. The van der Waals surface area contributed by atoms with E-state index in [1.807, 2.05) is 0 Å². The molecule has 0 spiro atoms. The summed E-state index contributed by atoms with van der Waals surface area (Å²) in [4.78, 5) is 4.29. The Labute approximate surface area is 119 Å². The molecule has 3 N–H and O–H groups in total. The van der Waals surface area contributed by atoms with E-state index in [0.29, 0.717) is 33.0 Å². The van der Waals surface area contributed by atoms with E-state index in [2.05, 4.69) is 10.3 Å². The SMILES string of the molecule is Nc1ccc2nc(Nc3ccc(Cl)cc3Cl)oc2c1.